The van der Waals surface area contributed by atoms with Gasteiger partial charge in [0.25, 0.3) is 0 Å². The smallest absolute Gasteiger partial charge is 0.162 e. The maximum atomic E-state index is 12.2. The topological polar surface area (TPSA) is 44.1 Å². The van der Waals surface area contributed by atoms with Crippen LogP contribution in [0.5, 0.6) is 5.75 Å². The first-order chi connectivity index (χ1) is 11.3. The highest BCUT2D eigenvalue weighted by molar-refractivity contribution is 5.96. The van der Waals surface area contributed by atoms with Gasteiger partial charge in [0.2, 0.25) is 0 Å². The van der Waals surface area contributed by atoms with Crippen LogP contribution in [0.25, 0.3) is 11.0 Å². The Kier molecular flexibility index (Phi) is 4.71. The predicted octanol–water partition coefficient (Wildman–Crippen LogP) is 4.10. The van der Waals surface area contributed by atoms with Crippen LogP contribution in [0.15, 0.2) is 54.9 Å². The van der Waals surface area contributed by atoms with Crippen LogP contribution in [0.2, 0.25) is 0 Å². The summed E-state index contributed by atoms with van der Waals surface area (Å²) in [5.41, 5.74) is 2.91. The lowest BCUT2D eigenvalue weighted by Gasteiger charge is -2.05. The number of hydrogen-bond acceptors (Lipinski definition) is 3. The van der Waals surface area contributed by atoms with Crippen LogP contribution in [0.3, 0.4) is 0 Å². The molecule has 0 fully saturated rings. The van der Waals surface area contributed by atoms with Gasteiger partial charge in [-0.2, -0.15) is 0 Å². The van der Waals surface area contributed by atoms with E-state index in [1.54, 1.807) is 7.11 Å². The van der Waals surface area contributed by atoms with Crippen molar-refractivity contribution >= 4 is 16.8 Å². The fourth-order valence-electron chi connectivity index (χ4n) is 2.68. The molecular weight excluding hydrogens is 288 g/mol. The van der Waals surface area contributed by atoms with E-state index in [2.05, 4.69) is 15.6 Å². The minimum atomic E-state index is 0.183. The van der Waals surface area contributed by atoms with Gasteiger partial charge >= 0.3 is 0 Å². The van der Waals surface area contributed by atoms with Gasteiger partial charge in [-0.05, 0) is 49.2 Å². The third-order valence-electron chi connectivity index (χ3n) is 3.99. The zero-order valence-electron chi connectivity index (χ0n) is 13.2. The molecule has 0 radical (unpaired) electrons. The summed E-state index contributed by atoms with van der Waals surface area (Å²) in [4.78, 5) is 16.5. The number of methoxy groups -OCH3 is 1. The molecule has 118 valence electrons. The van der Waals surface area contributed by atoms with E-state index in [-0.39, 0.29) is 5.78 Å². The first-order valence-electron chi connectivity index (χ1n) is 7.85. The van der Waals surface area contributed by atoms with E-state index in [0.29, 0.717) is 6.42 Å². The summed E-state index contributed by atoms with van der Waals surface area (Å²) < 4.78 is 7.25. The molecule has 3 rings (SSSR count). The van der Waals surface area contributed by atoms with Gasteiger partial charge < -0.3 is 9.30 Å². The average Bonchev–Trinajstić information content (AvgIpc) is 3.02. The molecule has 0 saturated heterocycles. The highest BCUT2D eigenvalue weighted by Gasteiger charge is 2.06. The Hall–Kier alpha value is -2.62. The zero-order chi connectivity index (χ0) is 16.1. The Balaban J connectivity index is 1.50. The second-order valence-corrected chi connectivity index (χ2v) is 5.54. The molecule has 1 heterocycles. The minimum Gasteiger partial charge on any atom is -0.497 e. The number of unbranched alkanes of at least 4 members (excludes halogenated alkanes) is 1. The van der Waals surface area contributed by atoms with Gasteiger partial charge in [0, 0.05) is 18.5 Å². The van der Waals surface area contributed by atoms with E-state index in [0.717, 1.165) is 41.7 Å². The van der Waals surface area contributed by atoms with Crippen molar-refractivity contribution in [2.75, 3.05) is 7.11 Å². The number of carbonyl (C=O) groups excluding carboxylic acids is 1. The molecule has 0 unspecified atom stereocenters. The van der Waals surface area contributed by atoms with Crippen molar-refractivity contribution in [2.24, 2.45) is 0 Å². The average molecular weight is 308 g/mol. The van der Waals surface area contributed by atoms with Gasteiger partial charge in [-0.3, -0.25) is 4.79 Å². The Morgan fingerprint density at radius 2 is 1.87 bits per heavy atom. The molecule has 0 aliphatic rings. The molecule has 0 atom stereocenters. The predicted molar refractivity (Wildman–Crippen MR) is 90.9 cm³/mol. The molecule has 0 aliphatic carbocycles. The number of carbonyl (C=O) groups is 1. The number of nitrogens with zero attached hydrogens (tertiary/aromatic N) is 2. The van der Waals surface area contributed by atoms with E-state index in [4.69, 9.17) is 4.74 Å². The molecule has 0 spiro atoms. The minimum absolute atomic E-state index is 0.183. The van der Waals surface area contributed by atoms with Crippen molar-refractivity contribution in [3.63, 3.8) is 0 Å². The molecule has 1 aromatic heterocycles. The van der Waals surface area contributed by atoms with Crippen molar-refractivity contribution < 1.29 is 9.53 Å². The zero-order valence-corrected chi connectivity index (χ0v) is 13.2. The number of ether oxygens (including phenoxy) is 1. The molecule has 0 amide bonds. The Labute approximate surface area is 135 Å². The van der Waals surface area contributed by atoms with Crippen LogP contribution in [-0.2, 0) is 6.54 Å². The van der Waals surface area contributed by atoms with E-state index < -0.39 is 0 Å². The number of fused-ring (bicyclic) bond motifs is 1. The molecule has 0 N–H and O–H groups in total. The second kappa shape index (κ2) is 7.09. The molecular formula is C19H20N2O2. The molecule has 23 heavy (non-hydrogen) atoms. The van der Waals surface area contributed by atoms with E-state index >= 15 is 0 Å². The highest BCUT2D eigenvalue weighted by Crippen LogP contribution is 2.15. The number of aromatic nitrogens is 2. The van der Waals surface area contributed by atoms with Gasteiger partial charge in [0.1, 0.15) is 5.75 Å². The van der Waals surface area contributed by atoms with Crippen molar-refractivity contribution in [1.29, 1.82) is 0 Å². The normalized spacial score (nSPS) is 10.8. The summed E-state index contributed by atoms with van der Waals surface area (Å²) in [6.45, 7) is 0.885. The SMILES string of the molecule is COc1ccc(C(=O)CCCCn2cnc3ccccc32)cc1. The van der Waals surface area contributed by atoms with E-state index in [1.165, 1.54) is 0 Å². The molecule has 2 aromatic carbocycles. The third-order valence-corrected chi connectivity index (χ3v) is 3.99. The molecule has 4 nitrogen and oxygen atoms in total. The fourth-order valence-corrected chi connectivity index (χ4v) is 2.68. The Morgan fingerprint density at radius 1 is 1.09 bits per heavy atom. The van der Waals surface area contributed by atoms with Gasteiger partial charge in [-0.1, -0.05) is 12.1 Å². The number of ketones is 1. The number of Topliss-reactive ketones (excluding diaryl/α,β-unsaturated/α-hetero) is 1. The van der Waals surface area contributed by atoms with Gasteiger partial charge in [0.05, 0.1) is 24.5 Å². The van der Waals surface area contributed by atoms with Crippen molar-refractivity contribution in [3.05, 3.63) is 60.4 Å². The fraction of sp³-hybridized carbons (Fsp3) is 0.263. The Bertz CT molecular complexity index is 790. The highest BCUT2D eigenvalue weighted by atomic mass is 16.5. The number of imidazole rings is 1. The first kappa shape index (κ1) is 15.3. The molecule has 0 aliphatic heterocycles. The van der Waals surface area contributed by atoms with Gasteiger partial charge in [-0.15, -0.1) is 0 Å². The van der Waals surface area contributed by atoms with E-state index in [1.807, 2.05) is 48.8 Å². The van der Waals surface area contributed by atoms with Crippen molar-refractivity contribution in [2.45, 2.75) is 25.8 Å². The maximum Gasteiger partial charge on any atom is 0.162 e. The lowest BCUT2D eigenvalue weighted by molar-refractivity contribution is 0.0979. The summed E-state index contributed by atoms with van der Waals surface area (Å²) in [6.07, 6.45) is 4.27. The summed E-state index contributed by atoms with van der Waals surface area (Å²) in [7, 11) is 1.62. The van der Waals surface area contributed by atoms with Crippen LogP contribution < -0.4 is 4.74 Å². The second-order valence-electron chi connectivity index (χ2n) is 5.54. The standard InChI is InChI=1S/C19H20N2O2/c1-23-16-11-9-15(10-12-16)19(22)8-4-5-13-21-14-20-17-6-2-3-7-18(17)21/h2-3,6-7,9-12,14H,4-5,8,13H2,1H3. The largest absolute Gasteiger partial charge is 0.497 e. The number of para-hydroxylation sites is 2. The third kappa shape index (κ3) is 3.59. The number of hydrogen-bond donors (Lipinski definition) is 0. The van der Waals surface area contributed by atoms with Crippen LogP contribution in [-0.4, -0.2) is 22.4 Å². The van der Waals surface area contributed by atoms with Crippen LogP contribution in [0, 0.1) is 0 Å². The van der Waals surface area contributed by atoms with Crippen molar-refractivity contribution in [3.8, 4) is 5.75 Å². The van der Waals surface area contributed by atoms with Crippen LogP contribution >= 0.6 is 0 Å². The summed E-state index contributed by atoms with van der Waals surface area (Å²) in [6, 6.07) is 15.4. The molecule has 3 aromatic rings. The maximum absolute atomic E-state index is 12.2. The number of rotatable bonds is 7. The molecule has 0 saturated carbocycles. The summed E-state index contributed by atoms with van der Waals surface area (Å²) >= 11 is 0. The quantitative estimate of drug-likeness (QED) is 0.487. The van der Waals surface area contributed by atoms with Crippen molar-refractivity contribution in [1.82, 2.24) is 9.55 Å². The molecule has 0 bridgehead atoms. The Morgan fingerprint density at radius 3 is 2.65 bits per heavy atom. The molecule has 4 heteroatoms. The van der Waals surface area contributed by atoms with Crippen LogP contribution in [0.4, 0.5) is 0 Å². The number of aryl methyl sites for hydroxylation is 1. The van der Waals surface area contributed by atoms with Gasteiger partial charge in [0.15, 0.2) is 5.78 Å². The monoisotopic (exact) mass is 308 g/mol. The summed E-state index contributed by atoms with van der Waals surface area (Å²) in [5.74, 6) is 0.955. The van der Waals surface area contributed by atoms with E-state index in [9.17, 15) is 4.79 Å². The lowest BCUT2D eigenvalue weighted by Crippen LogP contribution is -2.01. The first-order valence-corrected chi connectivity index (χ1v) is 7.85. The van der Waals surface area contributed by atoms with Crippen LogP contribution in [0.1, 0.15) is 29.6 Å². The van der Waals surface area contributed by atoms with Gasteiger partial charge in [-0.25, -0.2) is 4.98 Å². The number of benzene rings is 2. The summed E-state index contributed by atoms with van der Waals surface area (Å²) in [5, 5.41) is 0. The lowest BCUT2D eigenvalue weighted by atomic mass is 10.1.